The van der Waals surface area contributed by atoms with Crippen molar-refractivity contribution in [3.8, 4) is 11.1 Å². The second-order valence-electron chi connectivity index (χ2n) is 8.27. The van der Waals surface area contributed by atoms with Crippen LogP contribution in [-0.4, -0.2) is 45.5 Å². The third-order valence-corrected chi connectivity index (χ3v) is 6.95. The van der Waals surface area contributed by atoms with Crippen molar-refractivity contribution >= 4 is 22.7 Å². The molecule has 1 amide bonds. The summed E-state index contributed by atoms with van der Waals surface area (Å²) in [5.41, 5.74) is 1.93. The van der Waals surface area contributed by atoms with Crippen LogP contribution in [0.3, 0.4) is 0 Å². The topological polar surface area (TPSA) is 74.6 Å². The van der Waals surface area contributed by atoms with Crippen LogP contribution in [0.1, 0.15) is 48.7 Å². The molecule has 158 valence electrons. The van der Waals surface area contributed by atoms with Gasteiger partial charge in [0.25, 0.3) is 5.91 Å². The van der Waals surface area contributed by atoms with E-state index in [0.717, 1.165) is 47.0 Å². The number of hydrogen-bond donors (Lipinski definition) is 2. The zero-order chi connectivity index (χ0) is 21.3. The van der Waals surface area contributed by atoms with E-state index in [9.17, 15) is 14.3 Å². The first-order chi connectivity index (χ1) is 14.3. The van der Waals surface area contributed by atoms with E-state index in [1.54, 1.807) is 43.1 Å². The Hall–Kier alpha value is -2.25. The first-order valence-electron chi connectivity index (χ1n) is 10.3. The molecule has 2 atom stereocenters. The van der Waals surface area contributed by atoms with Crippen LogP contribution in [0, 0.1) is 11.7 Å². The maximum atomic E-state index is 13.5. The number of aromatic nitrogens is 1. The molecule has 1 aromatic heterocycles. The summed E-state index contributed by atoms with van der Waals surface area (Å²) < 4.78 is 13.5. The molecule has 1 fully saturated rings. The number of halogens is 1. The van der Waals surface area contributed by atoms with E-state index in [2.05, 4.69) is 22.2 Å². The van der Waals surface area contributed by atoms with Gasteiger partial charge in [0, 0.05) is 36.5 Å². The van der Waals surface area contributed by atoms with E-state index < -0.39 is 5.60 Å². The largest absolute Gasteiger partial charge is 0.388 e. The molecule has 2 aromatic rings. The molecule has 0 radical (unpaired) electrons. The highest BCUT2D eigenvalue weighted by molar-refractivity contribution is 8.14. The summed E-state index contributed by atoms with van der Waals surface area (Å²) in [6, 6.07) is 8.02. The SMILES string of the molecule is CC(C1=NCCS1)c1ncc(C(=O)NC[C@](C)(O)C2CC2)cc1-c1ccc(F)cc1. The number of benzene rings is 1. The first-order valence-corrected chi connectivity index (χ1v) is 11.3. The zero-order valence-electron chi connectivity index (χ0n) is 17.2. The molecule has 0 saturated heterocycles. The van der Waals surface area contributed by atoms with Gasteiger partial charge in [-0.15, -0.1) is 11.8 Å². The van der Waals surface area contributed by atoms with Gasteiger partial charge >= 0.3 is 0 Å². The van der Waals surface area contributed by atoms with Crippen LogP contribution in [0.15, 0.2) is 41.5 Å². The summed E-state index contributed by atoms with van der Waals surface area (Å²) >= 11 is 1.72. The second kappa shape index (κ2) is 8.47. The van der Waals surface area contributed by atoms with Crippen molar-refractivity contribution in [2.45, 2.75) is 38.2 Å². The zero-order valence-corrected chi connectivity index (χ0v) is 18.0. The number of amides is 1. The van der Waals surface area contributed by atoms with Crippen LogP contribution in [-0.2, 0) is 0 Å². The van der Waals surface area contributed by atoms with Gasteiger partial charge in [0.15, 0.2) is 0 Å². The van der Waals surface area contributed by atoms with Gasteiger partial charge in [-0.25, -0.2) is 4.39 Å². The van der Waals surface area contributed by atoms with Gasteiger partial charge in [-0.3, -0.25) is 14.8 Å². The number of nitrogens with zero attached hydrogens (tertiary/aromatic N) is 2. The minimum Gasteiger partial charge on any atom is -0.388 e. The summed E-state index contributed by atoms with van der Waals surface area (Å²) in [5.74, 6) is 0.614. The standard InChI is InChI=1S/C23H26FN3O2S/c1-14(22-25-9-10-30-22)20-19(15-3-7-18(24)8-4-15)11-16(12-26-20)21(28)27-13-23(2,29)17-5-6-17/h3-4,7-8,11-12,14,17,29H,5-6,9-10,13H2,1-2H3,(H,27,28)/t14?,23-/m0/s1. The molecule has 1 aliphatic carbocycles. The Morgan fingerprint density at radius 1 is 1.37 bits per heavy atom. The molecule has 4 rings (SSSR count). The van der Waals surface area contributed by atoms with Gasteiger partial charge in [0.05, 0.1) is 21.9 Å². The lowest BCUT2D eigenvalue weighted by Crippen LogP contribution is -2.42. The maximum Gasteiger partial charge on any atom is 0.252 e. The Morgan fingerprint density at radius 3 is 2.73 bits per heavy atom. The van der Waals surface area contributed by atoms with E-state index in [1.807, 2.05) is 0 Å². The fourth-order valence-corrected chi connectivity index (χ4v) is 4.68. The Labute approximate surface area is 180 Å². The highest BCUT2D eigenvalue weighted by Crippen LogP contribution is 2.39. The van der Waals surface area contributed by atoms with Gasteiger partial charge in [0.1, 0.15) is 5.82 Å². The van der Waals surface area contributed by atoms with Crippen molar-refractivity contribution in [3.05, 3.63) is 53.6 Å². The van der Waals surface area contributed by atoms with Crippen LogP contribution in [0.4, 0.5) is 4.39 Å². The normalized spacial score (nSPS) is 19.1. The average Bonchev–Trinajstić information content (AvgIpc) is 3.48. The Morgan fingerprint density at radius 2 is 2.10 bits per heavy atom. The summed E-state index contributed by atoms with van der Waals surface area (Å²) in [6.45, 7) is 4.82. The van der Waals surface area contributed by atoms with Crippen molar-refractivity contribution in [1.29, 1.82) is 0 Å². The number of aliphatic hydroxyl groups is 1. The third kappa shape index (κ3) is 4.57. The smallest absolute Gasteiger partial charge is 0.252 e. The number of aliphatic imine (C=N–C) groups is 1. The monoisotopic (exact) mass is 427 g/mol. The Kier molecular flexibility index (Phi) is 5.93. The van der Waals surface area contributed by atoms with Gasteiger partial charge in [-0.05, 0) is 49.4 Å². The number of carbonyl (C=O) groups is 1. The highest BCUT2D eigenvalue weighted by Gasteiger charge is 2.40. The molecular weight excluding hydrogens is 401 g/mol. The van der Waals surface area contributed by atoms with E-state index in [0.29, 0.717) is 5.56 Å². The van der Waals surface area contributed by atoms with Crippen LogP contribution >= 0.6 is 11.8 Å². The average molecular weight is 428 g/mol. The third-order valence-electron chi connectivity index (χ3n) is 5.79. The highest BCUT2D eigenvalue weighted by atomic mass is 32.2. The molecule has 2 aliphatic rings. The van der Waals surface area contributed by atoms with Crippen LogP contribution in [0.5, 0.6) is 0 Å². The summed E-state index contributed by atoms with van der Waals surface area (Å²) in [6.07, 6.45) is 3.56. The number of carbonyl (C=O) groups excluding carboxylic acids is 1. The van der Waals surface area contributed by atoms with Gasteiger partial charge in [-0.2, -0.15) is 0 Å². The molecule has 1 aromatic carbocycles. The van der Waals surface area contributed by atoms with E-state index in [4.69, 9.17) is 0 Å². The van der Waals surface area contributed by atoms with Crippen molar-refractivity contribution in [2.75, 3.05) is 18.8 Å². The minimum absolute atomic E-state index is 0.00901. The lowest BCUT2D eigenvalue weighted by Gasteiger charge is -2.23. The van der Waals surface area contributed by atoms with Crippen LogP contribution in [0.2, 0.25) is 0 Å². The van der Waals surface area contributed by atoms with E-state index >= 15 is 0 Å². The first kappa shape index (κ1) is 21.0. The lowest BCUT2D eigenvalue weighted by atomic mass is 9.95. The van der Waals surface area contributed by atoms with Crippen molar-refractivity contribution < 1.29 is 14.3 Å². The summed E-state index contributed by atoms with van der Waals surface area (Å²) in [4.78, 5) is 22.0. The van der Waals surface area contributed by atoms with Crippen LogP contribution < -0.4 is 5.32 Å². The Balaban J connectivity index is 1.63. The summed E-state index contributed by atoms with van der Waals surface area (Å²) in [7, 11) is 0. The van der Waals surface area contributed by atoms with Gasteiger partial charge < -0.3 is 10.4 Å². The molecule has 7 heteroatoms. The lowest BCUT2D eigenvalue weighted by molar-refractivity contribution is 0.0354. The molecule has 2 N–H and O–H groups in total. The molecule has 1 aliphatic heterocycles. The molecule has 0 bridgehead atoms. The number of thioether (sulfide) groups is 1. The maximum absolute atomic E-state index is 13.5. The minimum atomic E-state index is -0.894. The molecule has 1 unspecified atom stereocenters. The van der Waals surface area contributed by atoms with Crippen molar-refractivity contribution in [2.24, 2.45) is 10.9 Å². The number of rotatable bonds is 7. The van der Waals surface area contributed by atoms with Crippen LogP contribution in [0.25, 0.3) is 11.1 Å². The second-order valence-corrected chi connectivity index (χ2v) is 9.38. The number of hydrogen-bond acceptors (Lipinski definition) is 5. The Bertz CT molecular complexity index is 971. The number of nitrogens with one attached hydrogen (secondary N) is 1. The summed E-state index contributed by atoms with van der Waals surface area (Å²) in [5, 5.41) is 14.3. The molecule has 2 heterocycles. The van der Waals surface area contributed by atoms with Gasteiger partial charge in [-0.1, -0.05) is 19.1 Å². The number of pyridine rings is 1. The van der Waals surface area contributed by atoms with Gasteiger partial charge in [0.2, 0.25) is 0 Å². The predicted molar refractivity (Wildman–Crippen MR) is 118 cm³/mol. The molecule has 30 heavy (non-hydrogen) atoms. The fourth-order valence-electron chi connectivity index (χ4n) is 3.75. The molecule has 1 saturated carbocycles. The molecule has 0 spiro atoms. The fraction of sp³-hybridized carbons (Fsp3) is 0.435. The predicted octanol–water partition coefficient (Wildman–Crippen LogP) is 4.03. The van der Waals surface area contributed by atoms with E-state index in [-0.39, 0.29) is 30.1 Å². The molecule has 5 nitrogen and oxygen atoms in total. The van der Waals surface area contributed by atoms with E-state index in [1.165, 1.54) is 12.1 Å². The van der Waals surface area contributed by atoms with Crippen molar-refractivity contribution in [3.63, 3.8) is 0 Å². The quantitative estimate of drug-likeness (QED) is 0.700. The van der Waals surface area contributed by atoms with Crippen molar-refractivity contribution in [1.82, 2.24) is 10.3 Å². The molecular formula is C23H26FN3O2S.